The fourth-order valence-electron chi connectivity index (χ4n) is 2.65. The molecular weight excluding hydrogens is 312 g/mol. The number of nitrogens with zero attached hydrogens (tertiary/aromatic N) is 4. The van der Waals surface area contributed by atoms with Crippen LogP contribution in [0.4, 0.5) is 5.69 Å². The van der Waals surface area contributed by atoms with Crippen molar-refractivity contribution in [2.24, 2.45) is 9.98 Å². The van der Waals surface area contributed by atoms with Gasteiger partial charge in [-0.2, -0.15) is 4.99 Å². The van der Waals surface area contributed by atoms with Crippen molar-refractivity contribution >= 4 is 17.5 Å². The van der Waals surface area contributed by atoms with Gasteiger partial charge in [0.1, 0.15) is 5.84 Å². The van der Waals surface area contributed by atoms with Crippen molar-refractivity contribution in [1.29, 1.82) is 0 Å². The van der Waals surface area contributed by atoms with Crippen LogP contribution in [0.2, 0.25) is 0 Å². The molecule has 5 nitrogen and oxygen atoms in total. The Morgan fingerprint density at radius 3 is 2.12 bits per heavy atom. The third kappa shape index (κ3) is 4.67. The molecular formula is C20H24N4O. The van der Waals surface area contributed by atoms with E-state index in [1.54, 1.807) is 0 Å². The lowest BCUT2D eigenvalue weighted by atomic mass is 10.2. The molecule has 3 rings (SSSR count). The smallest absolute Gasteiger partial charge is 0.228 e. The van der Waals surface area contributed by atoms with Gasteiger partial charge in [-0.05, 0) is 12.1 Å². The van der Waals surface area contributed by atoms with E-state index in [4.69, 9.17) is 14.7 Å². The molecule has 0 atom stereocenters. The van der Waals surface area contributed by atoms with Crippen molar-refractivity contribution in [1.82, 2.24) is 9.80 Å². The van der Waals surface area contributed by atoms with Crippen molar-refractivity contribution in [3.8, 4) is 0 Å². The number of guanidine groups is 1. The molecule has 0 radical (unpaired) electrons. The average Bonchev–Trinajstić information content (AvgIpc) is 2.67. The highest BCUT2D eigenvalue weighted by molar-refractivity contribution is 6.05. The highest BCUT2D eigenvalue weighted by Crippen LogP contribution is 2.14. The third-order valence-corrected chi connectivity index (χ3v) is 3.94. The van der Waals surface area contributed by atoms with Crippen molar-refractivity contribution < 1.29 is 4.74 Å². The molecule has 2 aromatic carbocycles. The zero-order valence-corrected chi connectivity index (χ0v) is 14.8. The Hall–Kier alpha value is -2.66. The lowest BCUT2D eigenvalue weighted by Gasteiger charge is -2.28. The lowest BCUT2D eigenvalue weighted by molar-refractivity contribution is 0.0676. The van der Waals surface area contributed by atoms with Gasteiger partial charge >= 0.3 is 0 Å². The van der Waals surface area contributed by atoms with Gasteiger partial charge in [0, 0.05) is 32.7 Å². The quantitative estimate of drug-likeness (QED) is 0.625. The number of amidine groups is 1. The summed E-state index contributed by atoms with van der Waals surface area (Å²) >= 11 is 0. The molecule has 0 aromatic heterocycles. The highest BCUT2D eigenvalue weighted by atomic mass is 16.5. The maximum absolute atomic E-state index is 5.48. The van der Waals surface area contributed by atoms with E-state index in [-0.39, 0.29) is 0 Å². The molecule has 5 heteroatoms. The molecule has 0 N–H and O–H groups in total. The number of morpholine rings is 1. The van der Waals surface area contributed by atoms with E-state index in [0.717, 1.165) is 36.1 Å². The zero-order valence-electron chi connectivity index (χ0n) is 14.8. The minimum absolute atomic E-state index is 0.700. The summed E-state index contributed by atoms with van der Waals surface area (Å²) in [5, 5.41) is 0. The zero-order chi connectivity index (χ0) is 17.5. The van der Waals surface area contributed by atoms with Crippen LogP contribution in [0.15, 0.2) is 70.6 Å². The molecule has 0 amide bonds. The van der Waals surface area contributed by atoms with Crippen molar-refractivity contribution in [2.45, 2.75) is 0 Å². The Kier molecular flexibility index (Phi) is 5.80. The molecule has 0 bridgehead atoms. The van der Waals surface area contributed by atoms with Crippen LogP contribution in [0.3, 0.4) is 0 Å². The van der Waals surface area contributed by atoms with Gasteiger partial charge in [-0.3, -0.25) is 0 Å². The van der Waals surface area contributed by atoms with E-state index in [0.29, 0.717) is 13.2 Å². The summed E-state index contributed by atoms with van der Waals surface area (Å²) in [6.07, 6.45) is 0. The molecule has 1 aliphatic rings. The van der Waals surface area contributed by atoms with Crippen molar-refractivity contribution in [2.75, 3.05) is 40.4 Å². The van der Waals surface area contributed by atoms with Crippen LogP contribution in [0.25, 0.3) is 0 Å². The minimum Gasteiger partial charge on any atom is -0.378 e. The number of para-hydroxylation sites is 1. The molecule has 2 aromatic rings. The number of hydrogen-bond acceptors (Lipinski definition) is 2. The fourth-order valence-corrected chi connectivity index (χ4v) is 2.65. The van der Waals surface area contributed by atoms with E-state index in [1.807, 2.05) is 67.5 Å². The van der Waals surface area contributed by atoms with Gasteiger partial charge in [0.05, 0.1) is 18.9 Å². The first-order chi connectivity index (χ1) is 12.2. The summed E-state index contributed by atoms with van der Waals surface area (Å²) in [6, 6.07) is 20.2. The Balaban J connectivity index is 2.01. The lowest BCUT2D eigenvalue weighted by Crippen LogP contribution is -2.41. The molecule has 0 saturated carbocycles. The topological polar surface area (TPSA) is 40.4 Å². The standard InChI is InChI=1S/C20H24N4O/c1-23(2)19(17-9-5-3-6-10-17)22-20(24-13-15-25-16-14-24)21-18-11-7-4-8-12-18/h3-12H,13-16H2,1-2H3/b21-20?,22-19-. The molecule has 1 fully saturated rings. The number of rotatable bonds is 2. The molecule has 1 heterocycles. The summed E-state index contributed by atoms with van der Waals surface area (Å²) in [7, 11) is 4.01. The minimum atomic E-state index is 0.700. The summed E-state index contributed by atoms with van der Waals surface area (Å²) in [5.74, 6) is 1.61. The van der Waals surface area contributed by atoms with Crippen LogP contribution in [-0.4, -0.2) is 62.0 Å². The Bertz CT molecular complexity index is 720. The molecule has 25 heavy (non-hydrogen) atoms. The number of hydrogen-bond donors (Lipinski definition) is 0. The van der Waals surface area contributed by atoms with Crippen LogP contribution in [0.5, 0.6) is 0 Å². The van der Waals surface area contributed by atoms with Crippen LogP contribution < -0.4 is 0 Å². The molecule has 0 spiro atoms. The number of aliphatic imine (C=N–C) groups is 2. The Morgan fingerprint density at radius 2 is 1.52 bits per heavy atom. The Labute approximate surface area is 149 Å². The van der Waals surface area contributed by atoms with Gasteiger partial charge in [0.25, 0.3) is 0 Å². The number of benzene rings is 2. The summed E-state index contributed by atoms with van der Waals surface area (Å²) < 4.78 is 5.48. The first-order valence-corrected chi connectivity index (χ1v) is 8.52. The molecule has 130 valence electrons. The van der Waals surface area contributed by atoms with Crippen LogP contribution >= 0.6 is 0 Å². The van der Waals surface area contributed by atoms with Crippen LogP contribution in [0, 0.1) is 0 Å². The molecule has 0 unspecified atom stereocenters. The Morgan fingerprint density at radius 1 is 0.920 bits per heavy atom. The third-order valence-electron chi connectivity index (χ3n) is 3.94. The van der Waals surface area contributed by atoms with E-state index >= 15 is 0 Å². The van der Waals surface area contributed by atoms with Gasteiger partial charge < -0.3 is 14.5 Å². The maximum atomic E-state index is 5.48. The molecule has 1 saturated heterocycles. The molecule has 1 aliphatic heterocycles. The summed E-state index contributed by atoms with van der Waals surface area (Å²) in [6.45, 7) is 2.99. The first kappa shape index (κ1) is 17.2. The van der Waals surface area contributed by atoms with Crippen molar-refractivity contribution in [3.05, 3.63) is 66.2 Å². The summed E-state index contributed by atoms with van der Waals surface area (Å²) in [4.78, 5) is 13.9. The largest absolute Gasteiger partial charge is 0.378 e. The second-order valence-electron chi connectivity index (χ2n) is 6.04. The normalized spacial score (nSPS) is 16.0. The van der Waals surface area contributed by atoms with Gasteiger partial charge in [-0.25, -0.2) is 4.99 Å². The highest BCUT2D eigenvalue weighted by Gasteiger charge is 2.17. The van der Waals surface area contributed by atoms with E-state index in [2.05, 4.69) is 17.0 Å². The van der Waals surface area contributed by atoms with Crippen LogP contribution in [-0.2, 0) is 4.74 Å². The van der Waals surface area contributed by atoms with E-state index in [1.165, 1.54) is 0 Å². The van der Waals surface area contributed by atoms with E-state index in [9.17, 15) is 0 Å². The first-order valence-electron chi connectivity index (χ1n) is 8.52. The SMILES string of the molecule is CN(C)/C(=N\C(=Nc1ccccc1)N1CCOCC1)c1ccccc1. The summed E-state index contributed by atoms with van der Waals surface area (Å²) in [5.41, 5.74) is 1.97. The van der Waals surface area contributed by atoms with Gasteiger partial charge in [0.15, 0.2) is 0 Å². The second kappa shape index (κ2) is 8.44. The van der Waals surface area contributed by atoms with Crippen LogP contribution in [0.1, 0.15) is 5.56 Å². The predicted octanol–water partition coefficient (Wildman–Crippen LogP) is 3.01. The predicted molar refractivity (Wildman–Crippen MR) is 103 cm³/mol. The number of ether oxygens (including phenoxy) is 1. The van der Waals surface area contributed by atoms with E-state index < -0.39 is 0 Å². The van der Waals surface area contributed by atoms with Crippen molar-refractivity contribution in [3.63, 3.8) is 0 Å². The van der Waals surface area contributed by atoms with Gasteiger partial charge in [-0.1, -0.05) is 48.5 Å². The monoisotopic (exact) mass is 336 g/mol. The second-order valence-corrected chi connectivity index (χ2v) is 6.04. The molecule has 0 aliphatic carbocycles. The average molecular weight is 336 g/mol. The fraction of sp³-hybridized carbons (Fsp3) is 0.300. The maximum Gasteiger partial charge on any atom is 0.228 e. The van der Waals surface area contributed by atoms with Gasteiger partial charge in [-0.15, -0.1) is 0 Å². The van der Waals surface area contributed by atoms with Gasteiger partial charge in [0.2, 0.25) is 5.96 Å².